The standard InChI is InChI=1S/C16H19N5O4/c1-8-7-9(14(23)21-6-4-5-10(21)12(17)22)18-13-11(8)15(24)20(3)16(25)19(13)2/h7,10H,4-6H2,1-3H3,(H2,17,22)/t10-/m0/s1. The molecule has 1 fully saturated rings. The number of nitrogens with two attached hydrogens (primary N) is 1. The first-order valence-electron chi connectivity index (χ1n) is 7.91. The summed E-state index contributed by atoms with van der Waals surface area (Å²) in [5.41, 5.74) is 5.15. The van der Waals surface area contributed by atoms with E-state index in [1.807, 2.05) is 0 Å². The zero-order valence-corrected chi connectivity index (χ0v) is 14.3. The third-order valence-corrected chi connectivity index (χ3v) is 4.67. The first kappa shape index (κ1) is 16.9. The maximum Gasteiger partial charge on any atom is 0.332 e. The van der Waals surface area contributed by atoms with Crippen LogP contribution in [0.4, 0.5) is 0 Å². The van der Waals surface area contributed by atoms with Gasteiger partial charge in [-0.05, 0) is 31.4 Å². The Morgan fingerprint density at radius 1 is 1.24 bits per heavy atom. The van der Waals surface area contributed by atoms with E-state index in [0.717, 1.165) is 4.57 Å². The van der Waals surface area contributed by atoms with Crippen molar-refractivity contribution in [2.75, 3.05) is 6.54 Å². The molecule has 1 aliphatic heterocycles. The number of likely N-dealkylation sites (tertiary alicyclic amines) is 1. The highest BCUT2D eigenvalue weighted by molar-refractivity contribution is 5.98. The predicted molar refractivity (Wildman–Crippen MR) is 90.2 cm³/mol. The van der Waals surface area contributed by atoms with Crippen molar-refractivity contribution in [1.29, 1.82) is 0 Å². The summed E-state index contributed by atoms with van der Waals surface area (Å²) in [6.07, 6.45) is 1.21. The van der Waals surface area contributed by atoms with Crippen LogP contribution in [0.25, 0.3) is 11.0 Å². The van der Waals surface area contributed by atoms with Crippen molar-refractivity contribution >= 4 is 22.8 Å². The highest BCUT2D eigenvalue weighted by atomic mass is 16.2. The van der Waals surface area contributed by atoms with Gasteiger partial charge in [0.1, 0.15) is 17.4 Å². The molecule has 2 aromatic heterocycles. The number of hydrogen-bond acceptors (Lipinski definition) is 5. The Bertz CT molecular complexity index is 1020. The number of rotatable bonds is 2. The second-order valence-corrected chi connectivity index (χ2v) is 6.29. The van der Waals surface area contributed by atoms with Gasteiger partial charge in [-0.2, -0.15) is 0 Å². The van der Waals surface area contributed by atoms with Crippen LogP contribution in [-0.4, -0.2) is 43.4 Å². The van der Waals surface area contributed by atoms with E-state index in [1.165, 1.54) is 29.6 Å². The first-order chi connectivity index (χ1) is 11.7. The molecule has 3 heterocycles. The van der Waals surface area contributed by atoms with Crippen molar-refractivity contribution in [3.63, 3.8) is 0 Å². The number of aryl methyl sites for hydroxylation is 2. The zero-order valence-electron chi connectivity index (χ0n) is 14.3. The van der Waals surface area contributed by atoms with Crippen molar-refractivity contribution < 1.29 is 9.59 Å². The van der Waals surface area contributed by atoms with E-state index in [9.17, 15) is 19.2 Å². The summed E-state index contributed by atoms with van der Waals surface area (Å²) in [5, 5.41) is 0.286. The minimum Gasteiger partial charge on any atom is -0.368 e. The molecule has 2 aromatic rings. The summed E-state index contributed by atoms with van der Waals surface area (Å²) >= 11 is 0. The molecule has 25 heavy (non-hydrogen) atoms. The third kappa shape index (κ3) is 2.51. The largest absolute Gasteiger partial charge is 0.368 e. The van der Waals surface area contributed by atoms with Crippen LogP contribution in [0.15, 0.2) is 15.7 Å². The monoisotopic (exact) mass is 345 g/mol. The van der Waals surface area contributed by atoms with E-state index in [-0.39, 0.29) is 16.7 Å². The average molecular weight is 345 g/mol. The molecule has 1 atom stereocenters. The topological polar surface area (TPSA) is 120 Å². The molecule has 0 unspecified atom stereocenters. The minimum atomic E-state index is -0.655. The lowest BCUT2D eigenvalue weighted by molar-refractivity contribution is -0.121. The molecule has 1 saturated heterocycles. The molecule has 132 valence electrons. The van der Waals surface area contributed by atoms with Crippen molar-refractivity contribution in [3.8, 4) is 0 Å². The summed E-state index contributed by atoms with van der Waals surface area (Å²) < 4.78 is 2.23. The second kappa shape index (κ2) is 5.83. The Kier molecular flexibility index (Phi) is 3.94. The highest BCUT2D eigenvalue weighted by Gasteiger charge is 2.34. The van der Waals surface area contributed by atoms with Gasteiger partial charge in [0.2, 0.25) is 5.91 Å². The number of carbonyl (C=O) groups excluding carboxylic acids is 2. The maximum absolute atomic E-state index is 12.8. The van der Waals surface area contributed by atoms with E-state index < -0.39 is 29.1 Å². The molecule has 0 aliphatic carbocycles. The number of nitrogens with zero attached hydrogens (tertiary/aromatic N) is 4. The normalized spacial score (nSPS) is 17.2. The van der Waals surface area contributed by atoms with Crippen molar-refractivity contribution in [2.45, 2.75) is 25.8 Å². The van der Waals surface area contributed by atoms with Gasteiger partial charge >= 0.3 is 5.69 Å². The minimum absolute atomic E-state index is 0.0846. The number of aromatic nitrogens is 3. The number of amides is 2. The van der Waals surface area contributed by atoms with Gasteiger partial charge in [0.05, 0.1) is 5.39 Å². The van der Waals surface area contributed by atoms with Crippen LogP contribution in [0.1, 0.15) is 28.9 Å². The molecular weight excluding hydrogens is 326 g/mol. The lowest BCUT2D eigenvalue weighted by Crippen LogP contribution is -2.44. The van der Waals surface area contributed by atoms with E-state index in [0.29, 0.717) is 24.9 Å². The number of fused-ring (bicyclic) bond motifs is 1. The fourth-order valence-corrected chi connectivity index (χ4v) is 3.30. The summed E-state index contributed by atoms with van der Waals surface area (Å²) in [7, 11) is 2.89. The van der Waals surface area contributed by atoms with Crippen LogP contribution in [0.2, 0.25) is 0 Å². The predicted octanol–water partition coefficient (Wildman–Crippen LogP) is -0.969. The Morgan fingerprint density at radius 2 is 1.92 bits per heavy atom. The van der Waals surface area contributed by atoms with Gasteiger partial charge < -0.3 is 10.6 Å². The number of pyridine rings is 1. The average Bonchev–Trinajstić information content (AvgIpc) is 3.06. The van der Waals surface area contributed by atoms with Gasteiger partial charge in [-0.1, -0.05) is 0 Å². The van der Waals surface area contributed by atoms with Crippen molar-refractivity contribution in [3.05, 3.63) is 38.2 Å². The molecule has 3 rings (SSSR count). The first-order valence-corrected chi connectivity index (χ1v) is 7.91. The van der Waals surface area contributed by atoms with E-state index in [2.05, 4.69) is 4.98 Å². The summed E-state index contributed by atoms with van der Waals surface area (Å²) in [5.74, 6) is -0.982. The van der Waals surface area contributed by atoms with Crippen LogP contribution in [-0.2, 0) is 18.9 Å². The van der Waals surface area contributed by atoms with Crippen LogP contribution in [0, 0.1) is 6.92 Å². The number of carbonyl (C=O) groups is 2. The molecule has 0 bridgehead atoms. The molecule has 9 heteroatoms. The van der Waals surface area contributed by atoms with Crippen LogP contribution < -0.4 is 17.0 Å². The Balaban J connectivity index is 2.19. The molecule has 2 amide bonds. The summed E-state index contributed by atoms with van der Waals surface area (Å²) in [4.78, 5) is 54.4. The van der Waals surface area contributed by atoms with Gasteiger partial charge in [0.15, 0.2) is 0 Å². The van der Waals surface area contributed by atoms with Crippen molar-refractivity contribution in [2.24, 2.45) is 19.8 Å². The molecular formula is C16H19N5O4. The van der Waals surface area contributed by atoms with Crippen LogP contribution in [0.3, 0.4) is 0 Å². The van der Waals surface area contributed by atoms with Gasteiger partial charge in [0.25, 0.3) is 11.5 Å². The van der Waals surface area contributed by atoms with Crippen molar-refractivity contribution in [1.82, 2.24) is 19.0 Å². The van der Waals surface area contributed by atoms with Gasteiger partial charge in [-0.3, -0.25) is 23.5 Å². The third-order valence-electron chi connectivity index (χ3n) is 4.67. The van der Waals surface area contributed by atoms with Gasteiger partial charge in [-0.15, -0.1) is 0 Å². The van der Waals surface area contributed by atoms with Crippen LogP contribution >= 0.6 is 0 Å². The molecule has 0 radical (unpaired) electrons. The zero-order chi connectivity index (χ0) is 18.5. The molecule has 1 aliphatic rings. The SMILES string of the molecule is Cc1cc(C(=O)N2CCC[C@H]2C(N)=O)nc2c1c(=O)n(C)c(=O)n2C. The Hall–Kier alpha value is -2.97. The molecule has 0 saturated carbocycles. The van der Waals surface area contributed by atoms with Crippen LogP contribution in [0.5, 0.6) is 0 Å². The highest BCUT2D eigenvalue weighted by Crippen LogP contribution is 2.21. The second-order valence-electron chi connectivity index (χ2n) is 6.29. The lowest BCUT2D eigenvalue weighted by atomic mass is 10.1. The molecule has 0 spiro atoms. The molecule has 0 aromatic carbocycles. The Labute approximate surface area is 142 Å². The molecule has 9 nitrogen and oxygen atoms in total. The van der Waals surface area contributed by atoms with Gasteiger partial charge in [0, 0.05) is 20.6 Å². The quantitative estimate of drug-likeness (QED) is 0.751. The number of primary amides is 1. The summed E-state index contributed by atoms with van der Waals surface area (Å²) in [6.45, 7) is 2.10. The maximum atomic E-state index is 12.8. The fourth-order valence-electron chi connectivity index (χ4n) is 3.30. The van der Waals surface area contributed by atoms with E-state index in [1.54, 1.807) is 6.92 Å². The Morgan fingerprint density at radius 3 is 2.56 bits per heavy atom. The smallest absolute Gasteiger partial charge is 0.332 e. The van der Waals surface area contributed by atoms with E-state index in [4.69, 9.17) is 5.73 Å². The summed E-state index contributed by atoms with van der Waals surface area (Å²) in [6, 6.07) is 0.852. The fraction of sp³-hybridized carbons (Fsp3) is 0.438. The van der Waals surface area contributed by atoms with E-state index >= 15 is 0 Å². The van der Waals surface area contributed by atoms with Gasteiger partial charge in [-0.25, -0.2) is 9.78 Å². The number of hydrogen-bond donors (Lipinski definition) is 1. The lowest BCUT2D eigenvalue weighted by Gasteiger charge is -2.22. The molecule has 2 N–H and O–H groups in total.